The van der Waals surface area contributed by atoms with Crippen LogP contribution in [0.3, 0.4) is 0 Å². The van der Waals surface area contributed by atoms with Gasteiger partial charge in [-0.3, -0.25) is 9.52 Å². The van der Waals surface area contributed by atoms with E-state index in [-0.39, 0.29) is 23.9 Å². The predicted octanol–water partition coefficient (Wildman–Crippen LogP) is 3.16. The maximum atomic E-state index is 13.5. The van der Waals surface area contributed by atoms with Crippen molar-refractivity contribution in [2.45, 2.75) is 19.8 Å². The molecule has 0 atom stereocenters. The van der Waals surface area contributed by atoms with Crippen LogP contribution in [0.15, 0.2) is 48.5 Å². The Bertz CT molecular complexity index is 805. The second-order valence-corrected chi connectivity index (χ2v) is 7.23. The van der Waals surface area contributed by atoms with Crippen molar-refractivity contribution in [2.75, 3.05) is 15.8 Å². The molecule has 0 aliphatic carbocycles. The summed E-state index contributed by atoms with van der Waals surface area (Å²) in [6, 6.07) is 12.7. The summed E-state index contributed by atoms with van der Waals surface area (Å²) in [5.41, 5.74) is 1.48. The molecule has 2 aromatic carbocycles. The van der Waals surface area contributed by atoms with Gasteiger partial charge in [0.2, 0.25) is 15.9 Å². The molecule has 0 heterocycles. The average Bonchev–Trinajstić information content (AvgIpc) is 2.56. The third-order valence-corrected chi connectivity index (χ3v) is 4.71. The van der Waals surface area contributed by atoms with E-state index in [1.54, 1.807) is 49.4 Å². The molecule has 0 fully saturated rings. The Morgan fingerprint density at radius 3 is 2.29 bits per heavy atom. The van der Waals surface area contributed by atoms with E-state index >= 15 is 0 Å². The molecule has 7 heteroatoms. The van der Waals surface area contributed by atoms with Gasteiger partial charge >= 0.3 is 0 Å². The number of halogens is 1. The van der Waals surface area contributed by atoms with Crippen LogP contribution in [0.5, 0.6) is 0 Å². The number of hydrogen-bond donors (Lipinski definition) is 2. The minimum atomic E-state index is -3.32. The third kappa shape index (κ3) is 5.34. The lowest BCUT2D eigenvalue weighted by Crippen LogP contribution is -2.15. The maximum absolute atomic E-state index is 13.5. The highest BCUT2D eigenvalue weighted by atomic mass is 32.2. The standard InChI is InChI=1S/C17H19FN2O3S/c1-2-24(22,23)20-15-10-8-14(9-11-15)19-17(21)12-7-13-5-3-4-6-16(13)18/h3-6,8-11,20H,2,7,12H2,1H3,(H,19,21). The summed E-state index contributed by atoms with van der Waals surface area (Å²) < 4.78 is 38.8. The first kappa shape index (κ1) is 17.9. The Hall–Kier alpha value is -2.41. The van der Waals surface area contributed by atoms with E-state index in [9.17, 15) is 17.6 Å². The fourth-order valence-corrected chi connectivity index (χ4v) is 2.69. The lowest BCUT2D eigenvalue weighted by atomic mass is 10.1. The van der Waals surface area contributed by atoms with E-state index in [0.717, 1.165) is 0 Å². The normalized spacial score (nSPS) is 11.1. The van der Waals surface area contributed by atoms with Crippen LogP contribution in [0.2, 0.25) is 0 Å². The molecule has 0 bridgehead atoms. The van der Waals surface area contributed by atoms with E-state index in [2.05, 4.69) is 10.0 Å². The Morgan fingerprint density at radius 1 is 1.04 bits per heavy atom. The van der Waals surface area contributed by atoms with E-state index in [4.69, 9.17) is 0 Å². The second-order valence-electron chi connectivity index (χ2n) is 5.22. The zero-order valence-electron chi connectivity index (χ0n) is 13.3. The molecule has 5 nitrogen and oxygen atoms in total. The Balaban J connectivity index is 1.89. The van der Waals surface area contributed by atoms with Crippen molar-refractivity contribution in [3.8, 4) is 0 Å². The SMILES string of the molecule is CCS(=O)(=O)Nc1ccc(NC(=O)CCc2ccccc2F)cc1. The molecule has 0 spiro atoms. The van der Waals surface area contributed by atoms with Crippen LogP contribution in [-0.4, -0.2) is 20.1 Å². The Morgan fingerprint density at radius 2 is 1.67 bits per heavy atom. The molecule has 2 aromatic rings. The molecule has 0 unspecified atom stereocenters. The molecule has 0 saturated heterocycles. The highest BCUT2D eigenvalue weighted by molar-refractivity contribution is 7.92. The fraction of sp³-hybridized carbons (Fsp3) is 0.235. The van der Waals surface area contributed by atoms with Crippen molar-refractivity contribution in [1.82, 2.24) is 0 Å². The quantitative estimate of drug-likeness (QED) is 0.805. The van der Waals surface area contributed by atoms with E-state index < -0.39 is 10.0 Å². The van der Waals surface area contributed by atoms with Gasteiger partial charge in [0.1, 0.15) is 5.82 Å². The summed E-state index contributed by atoms with van der Waals surface area (Å²) in [4.78, 5) is 11.9. The van der Waals surface area contributed by atoms with Crippen molar-refractivity contribution in [3.05, 3.63) is 59.9 Å². The summed E-state index contributed by atoms with van der Waals surface area (Å²) in [5, 5.41) is 2.70. The molecule has 0 radical (unpaired) electrons. The molecule has 0 aliphatic heterocycles. The maximum Gasteiger partial charge on any atom is 0.232 e. The van der Waals surface area contributed by atoms with E-state index in [1.165, 1.54) is 6.07 Å². The topological polar surface area (TPSA) is 75.3 Å². The van der Waals surface area contributed by atoms with E-state index in [0.29, 0.717) is 23.4 Å². The van der Waals surface area contributed by atoms with Gasteiger partial charge in [0.05, 0.1) is 5.75 Å². The van der Waals surface area contributed by atoms with Crippen LogP contribution in [-0.2, 0) is 21.2 Å². The van der Waals surface area contributed by atoms with E-state index in [1.807, 2.05) is 0 Å². The van der Waals surface area contributed by atoms with Crippen LogP contribution >= 0.6 is 0 Å². The van der Waals surface area contributed by atoms with Gasteiger partial charge in [0.15, 0.2) is 0 Å². The monoisotopic (exact) mass is 350 g/mol. The van der Waals surface area contributed by atoms with Crippen molar-refractivity contribution >= 4 is 27.3 Å². The summed E-state index contributed by atoms with van der Waals surface area (Å²) in [6.07, 6.45) is 0.470. The van der Waals surface area contributed by atoms with Gasteiger partial charge in [-0.1, -0.05) is 18.2 Å². The van der Waals surface area contributed by atoms with Crippen molar-refractivity contribution < 1.29 is 17.6 Å². The first-order chi connectivity index (χ1) is 11.4. The molecule has 0 saturated carbocycles. The summed E-state index contributed by atoms with van der Waals surface area (Å²) in [5.74, 6) is -0.570. The highest BCUT2D eigenvalue weighted by Crippen LogP contribution is 2.16. The smallest absolute Gasteiger partial charge is 0.232 e. The largest absolute Gasteiger partial charge is 0.326 e. The zero-order chi connectivity index (χ0) is 17.6. The number of amides is 1. The predicted molar refractivity (Wildman–Crippen MR) is 92.9 cm³/mol. The second kappa shape index (κ2) is 7.92. The number of carbonyl (C=O) groups is 1. The summed E-state index contributed by atoms with van der Waals surface area (Å²) in [7, 11) is -3.32. The van der Waals surface area contributed by atoms with Crippen LogP contribution < -0.4 is 10.0 Å². The van der Waals surface area contributed by atoms with Gasteiger partial charge in [-0.2, -0.15) is 0 Å². The fourth-order valence-electron chi connectivity index (χ4n) is 2.05. The average molecular weight is 350 g/mol. The van der Waals surface area contributed by atoms with Gasteiger partial charge < -0.3 is 5.32 Å². The Kier molecular flexibility index (Phi) is 5.92. The number of hydrogen-bond acceptors (Lipinski definition) is 3. The zero-order valence-corrected chi connectivity index (χ0v) is 14.1. The van der Waals surface area contributed by atoms with Gasteiger partial charge in [-0.05, 0) is 49.2 Å². The molecule has 128 valence electrons. The van der Waals surface area contributed by atoms with Crippen LogP contribution in [0.4, 0.5) is 15.8 Å². The Labute approximate surface area is 141 Å². The molecular weight excluding hydrogens is 331 g/mol. The number of aryl methyl sites for hydroxylation is 1. The van der Waals surface area contributed by atoms with Crippen molar-refractivity contribution in [2.24, 2.45) is 0 Å². The van der Waals surface area contributed by atoms with Gasteiger partial charge in [0.25, 0.3) is 0 Å². The first-order valence-electron chi connectivity index (χ1n) is 7.53. The molecular formula is C17H19FN2O3S. The minimum absolute atomic E-state index is 0.0124. The molecule has 2 rings (SSSR count). The van der Waals surface area contributed by atoms with Crippen molar-refractivity contribution in [1.29, 1.82) is 0 Å². The third-order valence-electron chi connectivity index (χ3n) is 3.40. The van der Waals surface area contributed by atoms with Crippen LogP contribution in [0, 0.1) is 5.82 Å². The van der Waals surface area contributed by atoms with Crippen molar-refractivity contribution in [3.63, 3.8) is 0 Å². The van der Waals surface area contributed by atoms with Crippen LogP contribution in [0.25, 0.3) is 0 Å². The molecule has 2 N–H and O–H groups in total. The summed E-state index contributed by atoms with van der Waals surface area (Å²) >= 11 is 0. The summed E-state index contributed by atoms with van der Waals surface area (Å²) in [6.45, 7) is 1.55. The minimum Gasteiger partial charge on any atom is -0.326 e. The molecule has 0 aliphatic rings. The molecule has 1 amide bonds. The lowest BCUT2D eigenvalue weighted by molar-refractivity contribution is -0.116. The van der Waals surface area contributed by atoms with Crippen LogP contribution in [0.1, 0.15) is 18.9 Å². The molecule has 24 heavy (non-hydrogen) atoms. The van der Waals surface area contributed by atoms with Gasteiger partial charge in [0, 0.05) is 17.8 Å². The van der Waals surface area contributed by atoms with Gasteiger partial charge in [-0.15, -0.1) is 0 Å². The number of carbonyl (C=O) groups excluding carboxylic acids is 1. The molecule has 0 aromatic heterocycles. The highest BCUT2D eigenvalue weighted by Gasteiger charge is 2.08. The number of sulfonamides is 1. The number of nitrogens with one attached hydrogen (secondary N) is 2. The lowest BCUT2D eigenvalue weighted by Gasteiger charge is -2.08. The number of rotatable bonds is 7. The first-order valence-corrected chi connectivity index (χ1v) is 9.18. The number of benzene rings is 2. The number of anilines is 2. The van der Waals surface area contributed by atoms with Gasteiger partial charge in [-0.25, -0.2) is 12.8 Å².